The van der Waals surface area contributed by atoms with Crippen molar-refractivity contribution in [1.29, 1.82) is 5.26 Å². The molecule has 0 aromatic carbocycles. The number of hydrogen-bond donors (Lipinski definition) is 2. The Morgan fingerprint density at radius 3 is 2.78 bits per heavy atom. The first-order valence-corrected chi connectivity index (χ1v) is 6.94. The fourth-order valence-electron chi connectivity index (χ4n) is 1.26. The van der Waals surface area contributed by atoms with Crippen molar-refractivity contribution in [3.05, 3.63) is 24.0 Å². The van der Waals surface area contributed by atoms with E-state index in [0.717, 1.165) is 6.20 Å². The first-order chi connectivity index (χ1) is 8.49. The highest BCUT2D eigenvalue weighted by Gasteiger charge is 2.15. The minimum absolute atomic E-state index is 0.0256. The summed E-state index contributed by atoms with van der Waals surface area (Å²) in [4.78, 5) is 3.73. The molecule has 0 saturated carbocycles. The van der Waals surface area contributed by atoms with Gasteiger partial charge in [0.05, 0.1) is 0 Å². The summed E-state index contributed by atoms with van der Waals surface area (Å²) >= 11 is 0. The molecule has 18 heavy (non-hydrogen) atoms. The van der Waals surface area contributed by atoms with Crippen molar-refractivity contribution in [3.63, 3.8) is 0 Å². The van der Waals surface area contributed by atoms with E-state index in [1.165, 1.54) is 12.1 Å². The van der Waals surface area contributed by atoms with Crippen LogP contribution in [-0.4, -0.2) is 31.7 Å². The Labute approximate surface area is 106 Å². The predicted octanol–water partition coefficient (Wildman–Crippen LogP) is 0.250. The molecule has 0 aliphatic carbocycles. The number of rotatable bonds is 6. The van der Waals surface area contributed by atoms with Crippen LogP contribution < -0.4 is 4.72 Å². The van der Waals surface area contributed by atoms with E-state index in [4.69, 9.17) is 10.4 Å². The number of aromatic nitrogens is 1. The summed E-state index contributed by atoms with van der Waals surface area (Å²) in [5.41, 5.74) is 0.169. The highest BCUT2D eigenvalue weighted by molar-refractivity contribution is 7.89. The van der Waals surface area contributed by atoms with Crippen LogP contribution in [0.15, 0.2) is 23.2 Å². The van der Waals surface area contributed by atoms with Gasteiger partial charge < -0.3 is 5.11 Å². The zero-order chi connectivity index (χ0) is 13.6. The smallest absolute Gasteiger partial charge is 0.242 e. The number of nitrogens with zero attached hydrogens (tertiary/aromatic N) is 2. The molecule has 2 N–H and O–H groups in total. The number of hydrogen-bond acceptors (Lipinski definition) is 5. The van der Waals surface area contributed by atoms with E-state index in [9.17, 15) is 8.42 Å². The van der Waals surface area contributed by atoms with E-state index in [2.05, 4.69) is 9.71 Å². The van der Waals surface area contributed by atoms with Crippen LogP contribution in [0.1, 0.15) is 19.0 Å². The van der Waals surface area contributed by atoms with Gasteiger partial charge in [0.25, 0.3) is 0 Å². The molecular weight excluding hydrogens is 254 g/mol. The van der Waals surface area contributed by atoms with Crippen LogP contribution in [0.25, 0.3) is 0 Å². The van der Waals surface area contributed by atoms with Crippen LogP contribution in [0.4, 0.5) is 0 Å². The number of aliphatic hydroxyl groups excluding tert-OH is 1. The summed E-state index contributed by atoms with van der Waals surface area (Å²) < 4.78 is 26.1. The molecule has 0 radical (unpaired) electrons. The third kappa shape index (κ3) is 4.07. The van der Waals surface area contributed by atoms with Crippen LogP contribution in [0.3, 0.4) is 0 Å². The molecular formula is C11H15N3O3S. The minimum atomic E-state index is -3.60. The Kier molecular flexibility index (Phi) is 5.22. The zero-order valence-corrected chi connectivity index (χ0v) is 10.8. The number of sulfonamides is 1. The molecule has 1 heterocycles. The van der Waals surface area contributed by atoms with Gasteiger partial charge in [0.1, 0.15) is 16.7 Å². The summed E-state index contributed by atoms with van der Waals surface area (Å²) in [5, 5.41) is 17.3. The molecule has 0 aliphatic rings. The molecule has 0 aliphatic heterocycles. The van der Waals surface area contributed by atoms with E-state index in [-0.39, 0.29) is 29.7 Å². The second kappa shape index (κ2) is 6.44. The lowest BCUT2D eigenvalue weighted by Crippen LogP contribution is -2.28. The van der Waals surface area contributed by atoms with E-state index in [0.29, 0.717) is 6.42 Å². The second-order valence-corrected chi connectivity index (χ2v) is 5.73. The SMILES string of the molecule is CC(CCO)CNS(=O)(=O)c1ccc(C#N)nc1. The largest absolute Gasteiger partial charge is 0.396 e. The van der Waals surface area contributed by atoms with Gasteiger partial charge in [-0.05, 0) is 24.5 Å². The second-order valence-electron chi connectivity index (χ2n) is 3.96. The summed E-state index contributed by atoms with van der Waals surface area (Å²) in [5.74, 6) is 0.0520. The molecule has 1 aromatic rings. The van der Waals surface area contributed by atoms with Gasteiger partial charge >= 0.3 is 0 Å². The van der Waals surface area contributed by atoms with Crippen LogP contribution in [0, 0.1) is 17.2 Å². The minimum Gasteiger partial charge on any atom is -0.396 e. The third-order valence-electron chi connectivity index (χ3n) is 2.40. The zero-order valence-electron chi connectivity index (χ0n) is 10.00. The Bertz CT molecular complexity index is 519. The first kappa shape index (κ1) is 14.6. The summed E-state index contributed by atoms with van der Waals surface area (Å²) in [6, 6.07) is 4.51. The average molecular weight is 269 g/mol. The Morgan fingerprint density at radius 2 is 2.28 bits per heavy atom. The maximum atomic E-state index is 11.8. The summed E-state index contributed by atoms with van der Waals surface area (Å²) in [6.45, 7) is 2.12. The Morgan fingerprint density at radius 1 is 1.56 bits per heavy atom. The average Bonchev–Trinajstić information content (AvgIpc) is 2.37. The summed E-state index contributed by atoms with van der Waals surface area (Å²) in [6.07, 6.45) is 1.69. The van der Waals surface area contributed by atoms with Crippen molar-refractivity contribution in [2.75, 3.05) is 13.2 Å². The quantitative estimate of drug-likeness (QED) is 0.770. The van der Waals surface area contributed by atoms with E-state index < -0.39 is 10.0 Å². The molecule has 7 heteroatoms. The molecule has 0 fully saturated rings. The van der Waals surface area contributed by atoms with Gasteiger partial charge in [-0.3, -0.25) is 0 Å². The predicted molar refractivity (Wildman–Crippen MR) is 65.0 cm³/mol. The lowest BCUT2D eigenvalue weighted by atomic mass is 10.1. The maximum Gasteiger partial charge on any atom is 0.242 e. The topological polar surface area (TPSA) is 103 Å². The monoisotopic (exact) mass is 269 g/mol. The molecule has 0 amide bonds. The van der Waals surface area contributed by atoms with Crippen molar-refractivity contribution in [3.8, 4) is 6.07 Å². The van der Waals surface area contributed by atoms with Crippen molar-refractivity contribution in [2.24, 2.45) is 5.92 Å². The van der Waals surface area contributed by atoms with Crippen molar-refractivity contribution < 1.29 is 13.5 Å². The van der Waals surface area contributed by atoms with E-state index in [1.807, 2.05) is 13.0 Å². The number of aliphatic hydroxyl groups is 1. The summed E-state index contributed by atoms with van der Waals surface area (Å²) in [7, 11) is -3.60. The molecule has 1 aromatic heterocycles. The van der Waals surface area contributed by atoms with E-state index in [1.54, 1.807) is 0 Å². The van der Waals surface area contributed by atoms with Crippen molar-refractivity contribution >= 4 is 10.0 Å². The van der Waals surface area contributed by atoms with Gasteiger partial charge in [0.15, 0.2) is 0 Å². The van der Waals surface area contributed by atoms with Crippen LogP contribution >= 0.6 is 0 Å². The lowest BCUT2D eigenvalue weighted by molar-refractivity contribution is 0.263. The van der Waals surface area contributed by atoms with Gasteiger partial charge in [0, 0.05) is 19.3 Å². The number of nitriles is 1. The van der Waals surface area contributed by atoms with Gasteiger partial charge in [0.2, 0.25) is 10.0 Å². The van der Waals surface area contributed by atoms with Gasteiger partial charge in [-0.15, -0.1) is 0 Å². The fraction of sp³-hybridized carbons (Fsp3) is 0.455. The molecule has 1 atom stereocenters. The number of nitrogens with one attached hydrogen (secondary N) is 1. The normalized spacial score (nSPS) is 12.9. The highest BCUT2D eigenvalue weighted by Crippen LogP contribution is 2.08. The standard InChI is InChI=1S/C11H15N3O3S/c1-9(4-5-15)7-14-18(16,17)11-3-2-10(6-12)13-8-11/h2-3,8-9,14-15H,4-5,7H2,1H3. The lowest BCUT2D eigenvalue weighted by Gasteiger charge is -2.11. The van der Waals surface area contributed by atoms with Crippen molar-refractivity contribution in [2.45, 2.75) is 18.2 Å². The Hall–Kier alpha value is -1.49. The van der Waals surface area contributed by atoms with Crippen LogP contribution in [0.2, 0.25) is 0 Å². The van der Waals surface area contributed by atoms with Gasteiger partial charge in [-0.25, -0.2) is 18.1 Å². The molecule has 6 nitrogen and oxygen atoms in total. The third-order valence-corrected chi connectivity index (χ3v) is 3.81. The van der Waals surface area contributed by atoms with Crippen molar-refractivity contribution in [1.82, 2.24) is 9.71 Å². The fourth-order valence-corrected chi connectivity index (χ4v) is 2.37. The van der Waals surface area contributed by atoms with E-state index >= 15 is 0 Å². The van der Waals surface area contributed by atoms with Crippen LogP contribution in [-0.2, 0) is 10.0 Å². The molecule has 1 unspecified atom stereocenters. The molecule has 1 rings (SSSR count). The van der Waals surface area contributed by atoms with Gasteiger partial charge in [-0.2, -0.15) is 5.26 Å². The molecule has 0 saturated heterocycles. The van der Waals surface area contributed by atoms with Crippen LogP contribution in [0.5, 0.6) is 0 Å². The highest BCUT2D eigenvalue weighted by atomic mass is 32.2. The first-order valence-electron chi connectivity index (χ1n) is 5.46. The molecule has 0 spiro atoms. The van der Waals surface area contributed by atoms with Gasteiger partial charge in [-0.1, -0.05) is 6.92 Å². The maximum absolute atomic E-state index is 11.8. The molecule has 98 valence electrons. The Balaban J connectivity index is 2.71. The number of pyridine rings is 1. The molecule has 0 bridgehead atoms.